The highest BCUT2D eigenvalue weighted by atomic mass is 127. The van der Waals surface area contributed by atoms with E-state index in [-0.39, 0.29) is 9.26 Å². The number of halogens is 2. The number of methoxy groups -OCH3 is 1. The first-order chi connectivity index (χ1) is 10.0. The predicted octanol–water partition coefficient (Wildman–Crippen LogP) is -0.351. The van der Waals surface area contributed by atoms with E-state index in [4.69, 9.17) is 0 Å². The summed E-state index contributed by atoms with van der Waals surface area (Å²) in [6, 6.07) is 10.1. The molecule has 0 aliphatic carbocycles. The maximum atomic E-state index is 13.8. The van der Waals surface area contributed by atoms with E-state index in [0.717, 1.165) is 12.1 Å². The molecule has 0 unspecified atom stereocenters. The fraction of sp³-hybridized carbons (Fsp3) is 0.0714. The van der Waals surface area contributed by atoms with Gasteiger partial charge in [0.25, 0.3) is 5.69 Å². The van der Waals surface area contributed by atoms with Crippen LogP contribution in [0.15, 0.2) is 42.5 Å². The minimum Gasteiger partial charge on any atom is -0.465 e. The van der Waals surface area contributed by atoms with E-state index < -0.39 is 37.9 Å². The van der Waals surface area contributed by atoms with E-state index in [1.165, 1.54) is 13.2 Å². The predicted molar refractivity (Wildman–Crippen MR) is 68.2 cm³/mol. The van der Waals surface area contributed by atoms with Crippen molar-refractivity contribution in [2.75, 3.05) is 7.11 Å². The second-order valence-electron chi connectivity index (χ2n) is 3.92. The zero-order chi connectivity index (χ0) is 15.4. The number of nitrogens with zero attached hydrogens (tertiary/aromatic N) is 1. The number of hydrogen-bond acceptors (Lipinski definition) is 4. The van der Waals surface area contributed by atoms with E-state index in [1.807, 2.05) is 0 Å². The van der Waals surface area contributed by atoms with Gasteiger partial charge in [-0.3, -0.25) is 10.1 Å². The Kier molecular flexibility index (Phi) is 4.84. The summed E-state index contributed by atoms with van der Waals surface area (Å²) in [7, 11) is 1.27. The highest BCUT2D eigenvalue weighted by Crippen LogP contribution is 2.11. The van der Waals surface area contributed by atoms with E-state index in [2.05, 4.69) is 4.74 Å². The van der Waals surface area contributed by atoms with E-state index in [9.17, 15) is 19.3 Å². The standard InChI is InChI=1S/C14H10FINO4/c1-21-14(18)10-4-2-3-5-12(10)16-13-8-9(17(19)20)6-7-11(13)15/h2-8H,1H3/q+1. The number of benzene rings is 2. The molecule has 0 N–H and O–H groups in total. The third-order valence-electron chi connectivity index (χ3n) is 2.60. The molecule has 2 rings (SSSR count). The Hall–Kier alpha value is -2.03. The van der Waals surface area contributed by atoms with Gasteiger partial charge in [-0.1, -0.05) is 12.1 Å². The van der Waals surface area contributed by atoms with Crippen LogP contribution in [-0.4, -0.2) is 18.0 Å². The van der Waals surface area contributed by atoms with E-state index in [0.29, 0.717) is 9.13 Å². The Morgan fingerprint density at radius 1 is 1.24 bits per heavy atom. The molecule has 0 spiro atoms. The summed E-state index contributed by atoms with van der Waals surface area (Å²) in [4.78, 5) is 21.9. The van der Waals surface area contributed by atoms with Crippen LogP contribution in [0.1, 0.15) is 10.4 Å². The molecule has 2 aromatic rings. The molecule has 0 aromatic heterocycles. The molecule has 5 nitrogen and oxygen atoms in total. The van der Waals surface area contributed by atoms with Crippen molar-refractivity contribution >= 4 is 11.7 Å². The second-order valence-corrected chi connectivity index (χ2v) is 6.79. The molecule has 0 amide bonds. The van der Waals surface area contributed by atoms with Gasteiger partial charge in [-0.25, -0.2) is 9.18 Å². The van der Waals surface area contributed by atoms with Gasteiger partial charge in [-0.2, -0.15) is 0 Å². The average molecular weight is 402 g/mol. The second kappa shape index (κ2) is 6.61. The van der Waals surface area contributed by atoms with E-state index in [1.54, 1.807) is 24.3 Å². The molecular weight excluding hydrogens is 392 g/mol. The molecule has 0 aliphatic heterocycles. The summed E-state index contributed by atoms with van der Waals surface area (Å²) in [5, 5.41) is 10.8. The number of carbonyl (C=O) groups is 1. The summed E-state index contributed by atoms with van der Waals surface area (Å²) >= 11 is -1.08. The lowest BCUT2D eigenvalue weighted by Crippen LogP contribution is -3.62. The van der Waals surface area contributed by atoms with Crippen molar-refractivity contribution in [1.29, 1.82) is 0 Å². The zero-order valence-corrected chi connectivity index (χ0v) is 13.0. The van der Waals surface area contributed by atoms with Crippen LogP contribution < -0.4 is 21.2 Å². The highest BCUT2D eigenvalue weighted by molar-refractivity contribution is 5.88. The summed E-state index contributed by atoms with van der Waals surface area (Å²) in [6.45, 7) is 0. The maximum absolute atomic E-state index is 13.8. The van der Waals surface area contributed by atoms with Gasteiger partial charge >= 0.3 is 27.2 Å². The summed E-state index contributed by atoms with van der Waals surface area (Å²) in [5.41, 5.74) is 0.195. The Bertz CT molecular complexity index is 705. The summed E-state index contributed by atoms with van der Waals surface area (Å²) in [6.07, 6.45) is 0. The number of esters is 1. The normalized spacial score (nSPS) is 10.2. The molecule has 0 aliphatic rings. The topological polar surface area (TPSA) is 69.4 Å². The number of non-ortho nitro benzene ring substituents is 1. The van der Waals surface area contributed by atoms with Crippen LogP contribution in [0.2, 0.25) is 0 Å². The summed E-state index contributed by atoms with van der Waals surface area (Å²) < 4.78 is 19.4. The molecule has 0 atom stereocenters. The number of carbonyl (C=O) groups excluding carboxylic acids is 1. The van der Waals surface area contributed by atoms with Crippen molar-refractivity contribution in [3.05, 3.63) is 71.1 Å². The SMILES string of the molecule is COC(=O)c1ccccc1[I+]c1cc([N+](=O)[O-])ccc1F. The number of nitro benzene ring substituents is 1. The smallest absolute Gasteiger partial charge is 0.362 e. The monoisotopic (exact) mass is 402 g/mol. The van der Waals surface area contributed by atoms with Crippen molar-refractivity contribution in [3.63, 3.8) is 0 Å². The van der Waals surface area contributed by atoms with Crippen LogP contribution in [-0.2, 0) is 4.74 Å². The third kappa shape index (κ3) is 3.54. The van der Waals surface area contributed by atoms with Gasteiger partial charge in [-0.05, 0) is 18.2 Å². The van der Waals surface area contributed by atoms with Gasteiger partial charge in [-0.15, -0.1) is 0 Å². The first-order valence-corrected chi connectivity index (χ1v) is 7.95. The van der Waals surface area contributed by atoms with Crippen molar-refractivity contribution in [2.45, 2.75) is 0 Å². The average Bonchev–Trinajstić information content (AvgIpc) is 2.49. The first kappa shape index (κ1) is 15.4. The fourth-order valence-electron chi connectivity index (χ4n) is 1.60. The number of hydrogen-bond donors (Lipinski definition) is 0. The number of nitro groups is 1. The van der Waals surface area contributed by atoms with Gasteiger partial charge in [0.15, 0.2) is 5.82 Å². The minimum absolute atomic E-state index is 0.165. The van der Waals surface area contributed by atoms with Gasteiger partial charge in [0, 0.05) is 6.07 Å². The number of ether oxygens (including phenoxy) is 1. The van der Waals surface area contributed by atoms with Crippen LogP contribution in [0.25, 0.3) is 0 Å². The molecule has 0 radical (unpaired) electrons. The molecular formula is C14H10FINO4+. The zero-order valence-electron chi connectivity index (χ0n) is 10.9. The van der Waals surface area contributed by atoms with E-state index >= 15 is 0 Å². The Labute approximate surface area is 130 Å². The van der Waals surface area contributed by atoms with Crippen LogP contribution in [0.5, 0.6) is 0 Å². The lowest BCUT2D eigenvalue weighted by Gasteiger charge is -1.98. The number of rotatable bonds is 4. The highest BCUT2D eigenvalue weighted by Gasteiger charge is 2.28. The molecule has 0 bridgehead atoms. The lowest BCUT2D eigenvalue weighted by atomic mass is 10.2. The Morgan fingerprint density at radius 2 is 1.95 bits per heavy atom. The van der Waals surface area contributed by atoms with Crippen LogP contribution in [0, 0.1) is 23.1 Å². The molecule has 0 saturated carbocycles. The van der Waals surface area contributed by atoms with Crippen molar-refractivity contribution in [1.82, 2.24) is 0 Å². The molecule has 2 aromatic carbocycles. The van der Waals surface area contributed by atoms with Gasteiger partial charge < -0.3 is 4.74 Å². The van der Waals surface area contributed by atoms with Crippen molar-refractivity contribution in [3.8, 4) is 0 Å². The molecule has 0 fully saturated rings. The Balaban J connectivity index is 2.41. The van der Waals surface area contributed by atoms with Gasteiger partial charge in [0.1, 0.15) is 5.56 Å². The van der Waals surface area contributed by atoms with Crippen LogP contribution >= 0.6 is 0 Å². The molecule has 0 saturated heterocycles. The quantitative estimate of drug-likeness (QED) is 0.304. The maximum Gasteiger partial charge on any atom is 0.362 e. The molecule has 0 heterocycles. The first-order valence-electron chi connectivity index (χ1n) is 5.79. The molecule has 108 valence electrons. The van der Waals surface area contributed by atoms with Gasteiger partial charge in [0.05, 0.1) is 18.1 Å². The minimum atomic E-state index is -1.08. The fourth-order valence-corrected chi connectivity index (χ4v) is 4.22. The van der Waals surface area contributed by atoms with Crippen LogP contribution in [0.3, 0.4) is 0 Å². The van der Waals surface area contributed by atoms with Gasteiger partial charge in [0.2, 0.25) is 7.14 Å². The largest absolute Gasteiger partial charge is 0.465 e. The van der Waals surface area contributed by atoms with Crippen LogP contribution in [0.4, 0.5) is 10.1 Å². The third-order valence-corrected chi connectivity index (χ3v) is 5.53. The van der Waals surface area contributed by atoms with Crippen molar-refractivity contribution in [2.24, 2.45) is 0 Å². The molecule has 21 heavy (non-hydrogen) atoms. The lowest BCUT2D eigenvalue weighted by molar-refractivity contribution is -0.601. The van der Waals surface area contributed by atoms with Crippen molar-refractivity contribution < 1.29 is 40.1 Å². The Morgan fingerprint density at radius 3 is 2.62 bits per heavy atom. The summed E-state index contributed by atoms with van der Waals surface area (Å²) in [5.74, 6) is -1.01. The molecule has 7 heteroatoms.